The van der Waals surface area contributed by atoms with Gasteiger partial charge in [0.2, 0.25) is 0 Å². The Morgan fingerprint density at radius 3 is 1.20 bits per heavy atom. The fourth-order valence-corrected chi connectivity index (χ4v) is 6.48. The number of Topliss-reactive ketones (excluding diaryl/α,β-unsaturated/α-hetero) is 1. The highest BCUT2D eigenvalue weighted by molar-refractivity contribution is 5.85. The van der Waals surface area contributed by atoms with Crippen LogP contribution in [-0.4, -0.2) is 206 Å². The van der Waals surface area contributed by atoms with Crippen molar-refractivity contribution in [2.75, 3.05) is 125 Å². The number of ether oxygens (including phenoxy) is 13. The van der Waals surface area contributed by atoms with Crippen molar-refractivity contribution < 1.29 is 120 Å². The topological polar surface area (TPSA) is 362 Å². The van der Waals surface area contributed by atoms with E-state index >= 15 is 0 Å². The number of aliphatic hydroxyl groups is 4. The molecule has 0 bridgehead atoms. The van der Waals surface area contributed by atoms with Crippen molar-refractivity contribution in [2.45, 2.75) is 79.8 Å². The van der Waals surface area contributed by atoms with E-state index in [2.05, 4.69) is 10.6 Å². The lowest BCUT2D eigenvalue weighted by Gasteiger charge is -2.27. The molecule has 27 nitrogen and oxygen atoms in total. The number of hydrogen-bond acceptors (Lipinski definition) is 27. The lowest BCUT2D eigenvalue weighted by atomic mass is 9.84. The van der Waals surface area contributed by atoms with E-state index < -0.39 is 142 Å². The molecule has 6 unspecified atom stereocenters. The van der Waals surface area contributed by atoms with Gasteiger partial charge in [0.05, 0.1) is 64.4 Å². The summed E-state index contributed by atoms with van der Waals surface area (Å²) in [6.07, 6.45) is -6.93. The molecule has 0 aromatic heterocycles. The van der Waals surface area contributed by atoms with Crippen molar-refractivity contribution >= 4 is 48.3 Å². The van der Waals surface area contributed by atoms with Crippen LogP contribution >= 0.6 is 0 Å². The van der Waals surface area contributed by atoms with Crippen LogP contribution in [-0.2, 0) is 94.0 Å². The molecule has 0 fully saturated rings. The quantitative estimate of drug-likeness (QED) is 0.0316. The Balaban J connectivity index is 1.58. The van der Waals surface area contributed by atoms with Crippen LogP contribution in [0.15, 0.2) is 60.7 Å². The molecule has 0 spiro atoms. The molecular formula is C55H82N2O25. The van der Waals surface area contributed by atoms with Crippen LogP contribution in [0.4, 0.5) is 19.2 Å². The maximum Gasteiger partial charge on any atom is 0.508 e. The molecule has 0 aliphatic rings. The maximum atomic E-state index is 13.1. The Kier molecular flexibility index (Phi) is 33.9. The highest BCUT2D eigenvalue weighted by Gasteiger charge is 2.42. The predicted molar refractivity (Wildman–Crippen MR) is 284 cm³/mol. The van der Waals surface area contributed by atoms with E-state index in [0.717, 1.165) is 0 Å². The van der Waals surface area contributed by atoms with Gasteiger partial charge in [-0.3, -0.25) is 19.2 Å². The maximum absolute atomic E-state index is 13.1. The smallest absolute Gasteiger partial charge is 0.465 e. The molecule has 0 saturated carbocycles. The van der Waals surface area contributed by atoms with E-state index in [1.54, 1.807) is 74.5 Å². The second kappa shape index (κ2) is 38.9. The van der Waals surface area contributed by atoms with Crippen LogP contribution in [0.25, 0.3) is 0 Å². The summed E-state index contributed by atoms with van der Waals surface area (Å²) in [5, 5.41) is 46.7. The molecule has 6 N–H and O–H groups in total. The molecule has 2 rings (SSSR count). The van der Waals surface area contributed by atoms with Gasteiger partial charge in [-0.2, -0.15) is 0 Å². The average molecular weight is 1170 g/mol. The fourth-order valence-electron chi connectivity index (χ4n) is 6.48. The predicted octanol–water partition coefficient (Wildman–Crippen LogP) is 2.96. The number of carbonyl (C=O) groups is 8. The van der Waals surface area contributed by atoms with Crippen LogP contribution in [0.5, 0.6) is 0 Å². The van der Waals surface area contributed by atoms with Gasteiger partial charge in [0.15, 0.2) is 0 Å². The Morgan fingerprint density at radius 1 is 0.451 bits per heavy atom. The Hall–Kier alpha value is -6.72. The van der Waals surface area contributed by atoms with Crippen molar-refractivity contribution in [3.05, 3.63) is 71.8 Å². The largest absolute Gasteiger partial charge is 0.508 e. The molecular weight excluding hydrogens is 1090 g/mol. The zero-order valence-corrected chi connectivity index (χ0v) is 47.6. The van der Waals surface area contributed by atoms with Crippen LogP contribution in [0.3, 0.4) is 0 Å². The van der Waals surface area contributed by atoms with Crippen molar-refractivity contribution in [1.29, 1.82) is 0 Å². The monoisotopic (exact) mass is 1170 g/mol. The standard InChI is InChI=1S/C55H82N2O25/c1-7-72-46(64)54(5,36-79-48(66)75-29-40-15-11-9-12-16-40)38-81-50(68)77-34-52(3,32-58)44(62)20-19-42(60)27-56-21-23-70-25-26-71-24-22-57-28-43(61)31-74-45(63)53(4,33-59)35-78-51(69)82-39-55(6,47(65)73-8-2)37-80-49(67)76-30-41-17-13-10-14-18-41/h9-18,42-43,56-61H,7-8,19-39H2,1-6H3. The number of nitrogens with one attached hydrogen (secondary N) is 2. The SMILES string of the molecule is CCOC(=O)C(C)(COC(=O)OCc1ccccc1)COC(=O)OCC(C)(CO)C(=O)CCC(O)CNCCOCCOCCNCC(O)COC(=O)C(C)(CO)COC(=O)OCC(C)(COC(=O)OCc1ccccc1)C(=O)OCC. The first-order valence-corrected chi connectivity index (χ1v) is 26.5. The van der Waals surface area contributed by atoms with Gasteiger partial charge < -0.3 is 92.6 Å². The lowest BCUT2D eigenvalue weighted by Crippen LogP contribution is -2.42. The molecule has 82 heavy (non-hydrogen) atoms. The number of rotatable bonds is 42. The summed E-state index contributed by atoms with van der Waals surface area (Å²) < 4.78 is 67.0. The highest BCUT2D eigenvalue weighted by Crippen LogP contribution is 2.25. The lowest BCUT2D eigenvalue weighted by molar-refractivity contribution is -0.164. The minimum absolute atomic E-state index is 0.00854. The van der Waals surface area contributed by atoms with Gasteiger partial charge in [0, 0.05) is 32.6 Å². The van der Waals surface area contributed by atoms with Crippen LogP contribution < -0.4 is 10.6 Å². The normalized spacial score (nSPS) is 14.8. The summed E-state index contributed by atoms with van der Waals surface area (Å²) in [7, 11) is 0. The molecule has 0 amide bonds. The number of aliphatic hydroxyl groups excluding tert-OH is 4. The van der Waals surface area contributed by atoms with Gasteiger partial charge in [-0.1, -0.05) is 60.7 Å². The summed E-state index contributed by atoms with van der Waals surface area (Å²) in [5.41, 5.74) is -5.19. The molecule has 2 aromatic rings. The zero-order chi connectivity index (χ0) is 60.9. The van der Waals surface area contributed by atoms with Crippen molar-refractivity contribution in [2.24, 2.45) is 21.7 Å². The van der Waals surface area contributed by atoms with E-state index in [-0.39, 0.29) is 78.8 Å². The van der Waals surface area contributed by atoms with Crippen LogP contribution in [0.1, 0.15) is 65.5 Å². The highest BCUT2D eigenvalue weighted by atomic mass is 16.7. The molecule has 462 valence electrons. The van der Waals surface area contributed by atoms with Gasteiger partial charge in [-0.05, 0) is 59.1 Å². The first-order valence-electron chi connectivity index (χ1n) is 26.5. The molecule has 0 radical (unpaired) electrons. The van der Waals surface area contributed by atoms with Gasteiger partial charge >= 0.3 is 42.5 Å². The van der Waals surface area contributed by atoms with Crippen LogP contribution in [0.2, 0.25) is 0 Å². The van der Waals surface area contributed by atoms with Crippen molar-refractivity contribution in [3.8, 4) is 0 Å². The Morgan fingerprint density at radius 2 is 0.805 bits per heavy atom. The molecule has 0 saturated heterocycles. The molecule has 2 aromatic carbocycles. The third-order valence-corrected chi connectivity index (χ3v) is 11.9. The molecule has 0 aliphatic carbocycles. The van der Waals surface area contributed by atoms with Gasteiger partial charge in [-0.25, -0.2) is 19.2 Å². The van der Waals surface area contributed by atoms with Crippen molar-refractivity contribution in [3.63, 3.8) is 0 Å². The number of hydrogen-bond donors (Lipinski definition) is 6. The first-order chi connectivity index (χ1) is 39.1. The molecule has 0 aliphatic heterocycles. The van der Waals surface area contributed by atoms with E-state index in [4.69, 9.17) is 61.6 Å². The van der Waals surface area contributed by atoms with E-state index in [1.807, 2.05) is 0 Å². The summed E-state index contributed by atoms with van der Waals surface area (Å²) >= 11 is 0. The van der Waals surface area contributed by atoms with Crippen LogP contribution in [0, 0.1) is 21.7 Å². The zero-order valence-electron chi connectivity index (χ0n) is 47.6. The Labute approximate surface area is 476 Å². The first kappa shape index (κ1) is 71.4. The number of esters is 3. The summed E-state index contributed by atoms with van der Waals surface area (Å²) in [5.74, 6) is -3.15. The molecule has 6 atom stereocenters. The third kappa shape index (κ3) is 28.3. The third-order valence-electron chi connectivity index (χ3n) is 11.9. The summed E-state index contributed by atoms with van der Waals surface area (Å²) in [6, 6.07) is 17.6. The average Bonchev–Trinajstić information content (AvgIpc) is 3.57. The van der Waals surface area contributed by atoms with E-state index in [1.165, 1.54) is 27.7 Å². The van der Waals surface area contributed by atoms with Crippen molar-refractivity contribution in [1.82, 2.24) is 10.6 Å². The summed E-state index contributed by atoms with van der Waals surface area (Å²) in [4.78, 5) is 101. The number of carbonyl (C=O) groups excluding carboxylic acids is 8. The Bertz CT molecular complexity index is 2070. The fraction of sp³-hybridized carbons (Fsp3) is 0.636. The molecule has 0 heterocycles. The minimum atomic E-state index is -1.75. The second-order valence-corrected chi connectivity index (χ2v) is 19.8. The number of ketones is 1. The van der Waals surface area contributed by atoms with E-state index in [0.29, 0.717) is 24.2 Å². The van der Waals surface area contributed by atoms with Gasteiger partial charge in [0.25, 0.3) is 0 Å². The minimum Gasteiger partial charge on any atom is -0.465 e. The summed E-state index contributed by atoms with van der Waals surface area (Å²) in [6.45, 7) is 4.44. The molecule has 27 heteroatoms. The van der Waals surface area contributed by atoms with Gasteiger partial charge in [-0.15, -0.1) is 0 Å². The van der Waals surface area contributed by atoms with Gasteiger partial charge in [0.1, 0.15) is 87.6 Å². The number of benzene rings is 2. The second-order valence-electron chi connectivity index (χ2n) is 19.8. The van der Waals surface area contributed by atoms with E-state index in [9.17, 15) is 58.8 Å².